The fraction of sp³-hybridized carbons (Fsp3) is 0.786. The van der Waals surface area contributed by atoms with E-state index in [0.717, 1.165) is 25.7 Å². The zero-order valence-corrected chi connectivity index (χ0v) is 11.4. The Kier molecular flexibility index (Phi) is 7.11. The molecule has 0 heterocycles. The molecule has 1 atom stereocenters. The van der Waals surface area contributed by atoms with Gasteiger partial charge in [0.05, 0.1) is 5.92 Å². The largest absolute Gasteiger partial charge is 0.460 e. The summed E-state index contributed by atoms with van der Waals surface area (Å²) >= 11 is 0. The summed E-state index contributed by atoms with van der Waals surface area (Å²) in [5.74, 6) is -0.0329. The highest BCUT2D eigenvalue weighted by atomic mass is 16.6. The molecule has 2 heteroatoms. The van der Waals surface area contributed by atoms with Crippen LogP contribution in [0.15, 0.2) is 12.2 Å². The number of esters is 1. The van der Waals surface area contributed by atoms with E-state index in [2.05, 4.69) is 6.92 Å². The topological polar surface area (TPSA) is 26.3 Å². The highest BCUT2D eigenvalue weighted by Gasteiger charge is 2.23. The first kappa shape index (κ1) is 15.2. The van der Waals surface area contributed by atoms with Gasteiger partial charge in [-0.1, -0.05) is 31.9 Å². The van der Waals surface area contributed by atoms with Crippen molar-refractivity contribution in [3.05, 3.63) is 12.2 Å². The molecule has 0 amide bonds. The number of unbranched alkanes of at least 4 members (excludes halogenated alkanes) is 1. The molecule has 0 saturated heterocycles. The van der Waals surface area contributed by atoms with Gasteiger partial charge in [0.1, 0.15) is 5.60 Å². The van der Waals surface area contributed by atoms with Gasteiger partial charge in [0.25, 0.3) is 0 Å². The Labute approximate surface area is 100 Å². The van der Waals surface area contributed by atoms with E-state index >= 15 is 0 Å². The molecule has 2 nitrogen and oxygen atoms in total. The second kappa shape index (κ2) is 7.48. The maximum absolute atomic E-state index is 11.9. The minimum atomic E-state index is -0.378. The SMILES string of the molecule is CC=CCC(CCCC)C(=O)OC(C)(C)C. The lowest BCUT2D eigenvalue weighted by molar-refractivity contribution is -0.160. The molecule has 0 aliphatic rings. The van der Waals surface area contributed by atoms with Gasteiger partial charge in [-0.05, 0) is 40.5 Å². The summed E-state index contributed by atoms with van der Waals surface area (Å²) in [5.41, 5.74) is -0.378. The van der Waals surface area contributed by atoms with Crippen LogP contribution in [0.3, 0.4) is 0 Å². The van der Waals surface area contributed by atoms with Gasteiger partial charge in [0.2, 0.25) is 0 Å². The Morgan fingerprint density at radius 1 is 1.38 bits per heavy atom. The first-order valence-electron chi connectivity index (χ1n) is 6.24. The Morgan fingerprint density at radius 3 is 2.44 bits per heavy atom. The number of allylic oxidation sites excluding steroid dienone is 2. The lowest BCUT2D eigenvalue weighted by atomic mass is 9.98. The molecule has 0 N–H and O–H groups in total. The number of ether oxygens (including phenoxy) is 1. The van der Waals surface area contributed by atoms with Crippen molar-refractivity contribution in [2.24, 2.45) is 5.92 Å². The van der Waals surface area contributed by atoms with Crippen LogP contribution in [0.5, 0.6) is 0 Å². The van der Waals surface area contributed by atoms with Crippen LogP contribution in [-0.2, 0) is 9.53 Å². The van der Waals surface area contributed by atoms with Gasteiger partial charge in [-0.2, -0.15) is 0 Å². The Morgan fingerprint density at radius 2 is 2.00 bits per heavy atom. The van der Waals surface area contributed by atoms with Crippen molar-refractivity contribution < 1.29 is 9.53 Å². The van der Waals surface area contributed by atoms with Crippen LogP contribution in [0.2, 0.25) is 0 Å². The molecule has 94 valence electrons. The number of carbonyl (C=O) groups excluding carboxylic acids is 1. The summed E-state index contributed by atoms with van der Waals surface area (Å²) in [7, 11) is 0. The van der Waals surface area contributed by atoms with Crippen molar-refractivity contribution in [1.29, 1.82) is 0 Å². The lowest BCUT2D eigenvalue weighted by Gasteiger charge is -2.23. The van der Waals surface area contributed by atoms with E-state index in [9.17, 15) is 4.79 Å². The van der Waals surface area contributed by atoms with Gasteiger partial charge >= 0.3 is 5.97 Å². The molecule has 0 aliphatic heterocycles. The van der Waals surface area contributed by atoms with Crippen molar-refractivity contribution in [3.63, 3.8) is 0 Å². The first-order chi connectivity index (χ1) is 7.40. The Bertz CT molecular complexity index is 223. The minimum absolute atomic E-state index is 0.0235. The van der Waals surface area contributed by atoms with Crippen LogP contribution in [0.25, 0.3) is 0 Å². The molecule has 1 unspecified atom stereocenters. The number of hydrogen-bond donors (Lipinski definition) is 0. The molecule has 0 fully saturated rings. The monoisotopic (exact) mass is 226 g/mol. The molecule has 0 aromatic heterocycles. The van der Waals surface area contributed by atoms with Gasteiger partial charge in [-0.3, -0.25) is 4.79 Å². The normalized spacial score (nSPS) is 14.1. The second-order valence-corrected chi connectivity index (χ2v) is 5.18. The van der Waals surface area contributed by atoms with Crippen LogP contribution >= 0.6 is 0 Å². The van der Waals surface area contributed by atoms with Gasteiger partial charge in [-0.25, -0.2) is 0 Å². The van der Waals surface area contributed by atoms with Gasteiger partial charge < -0.3 is 4.74 Å². The Balaban J connectivity index is 4.31. The number of hydrogen-bond acceptors (Lipinski definition) is 2. The van der Waals surface area contributed by atoms with Crippen molar-refractivity contribution in [2.45, 2.75) is 65.9 Å². The maximum atomic E-state index is 11.9. The molecule has 0 rings (SSSR count). The minimum Gasteiger partial charge on any atom is -0.460 e. The summed E-state index contributed by atoms with van der Waals surface area (Å²) in [4.78, 5) is 11.9. The van der Waals surface area contributed by atoms with Gasteiger partial charge in [-0.15, -0.1) is 0 Å². The number of rotatable bonds is 6. The molecular weight excluding hydrogens is 200 g/mol. The predicted molar refractivity (Wildman–Crippen MR) is 68.3 cm³/mol. The zero-order valence-electron chi connectivity index (χ0n) is 11.4. The summed E-state index contributed by atoms with van der Waals surface area (Å²) in [6, 6.07) is 0. The van der Waals surface area contributed by atoms with E-state index in [4.69, 9.17) is 4.74 Å². The van der Waals surface area contributed by atoms with E-state index < -0.39 is 0 Å². The third kappa shape index (κ3) is 7.49. The zero-order chi connectivity index (χ0) is 12.6. The van der Waals surface area contributed by atoms with Crippen molar-refractivity contribution in [1.82, 2.24) is 0 Å². The quantitative estimate of drug-likeness (QED) is 0.503. The highest BCUT2D eigenvalue weighted by Crippen LogP contribution is 2.19. The first-order valence-corrected chi connectivity index (χ1v) is 6.24. The van der Waals surface area contributed by atoms with E-state index in [1.54, 1.807) is 0 Å². The van der Waals surface area contributed by atoms with Crippen LogP contribution in [0.4, 0.5) is 0 Å². The average molecular weight is 226 g/mol. The molecule has 16 heavy (non-hydrogen) atoms. The third-order valence-corrected chi connectivity index (χ3v) is 2.30. The van der Waals surface area contributed by atoms with E-state index in [0.29, 0.717) is 0 Å². The fourth-order valence-corrected chi connectivity index (χ4v) is 1.47. The third-order valence-electron chi connectivity index (χ3n) is 2.30. The van der Waals surface area contributed by atoms with E-state index in [1.165, 1.54) is 0 Å². The van der Waals surface area contributed by atoms with Crippen molar-refractivity contribution in [3.8, 4) is 0 Å². The van der Waals surface area contributed by atoms with Gasteiger partial charge in [0.15, 0.2) is 0 Å². The summed E-state index contributed by atoms with van der Waals surface area (Å²) in [6.07, 6.45) is 7.96. The Hall–Kier alpha value is -0.790. The molecule has 0 aromatic carbocycles. The van der Waals surface area contributed by atoms with Crippen LogP contribution in [0.1, 0.15) is 60.3 Å². The summed E-state index contributed by atoms with van der Waals surface area (Å²) in [6.45, 7) is 9.86. The average Bonchev–Trinajstić information content (AvgIpc) is 2.15. The number of carbonyl (C=O) groups is 1. The maximum Gasteiger partial charge on any atom is 0.309 e. The predicted octanol–water partition coefficient (Wildman–Crippen LogP) is 4.10. The molecule has 0 bridgehead atoms. The van der Waals surface area contributed by atoms with Crippen LogP contribution in [-0.4, -0.2) is 11.6 Å². The van der Waals surface area contributed by atoms with Gasteiger partial charge in [0, 0.05) is 0 Å². The van der Waals surface area contributed by atoms with Crippen LogP contribution in [0, 0.1) is 5.92 Å². The molecular formula is C14H26O2. The standard InChI is InChI=1S/C14H26O2/c1-6-8-10-12(11-9-7-2)13(15)16-14(3,4)5/h6,8,12H,7,9-11H2,1-5H3. The summed E-state index contributed by atoms with van der Waals surface area (Å²) < 4.78 is 5.42. The molecule has 0 aliphatic carbocycles. The molecule has 0 radical (unpaired) electrons. The summed E-state index contributed by atoms with van der Waals surface area (Å²) in [5, 5.41) is 0. The van der Waals surface area contributed by atoms with Crippen molar-refractivity contribution >= 4 is 5.97 Å². The molecule has 0 saturated carbocycles. The van der Waals surface area contributed by atoms with Crippen molar-refractivity contribution in [2.75, 3.05) is 0 Å². The van der Waals surface area contributed by atoms with E-state index in [1.807, 2.05) is 39.8 Å². The molecule has 0 spiro atoms. The fourth-order valence-electron chi connectivity index (χ4n) is 1.47. The van der Waals surface area contributed by atoms with E-state index in [-0.39, 0.29) is 17.5 Å². The smallest absolute Gasteiger partial charge is 0.309 e. The second-order valence-electron chi connectivity index (χ2n) is 5.18. The molecule has 0 aromatic rings. The van der Waals surface area contributed by atoms with Crippen LogP contribution < -0.4 is 0 Å². The lowest BCUT2D eigenvalue weighted by Crippen LogP contribution is -2.28. The highest BCUT2D eigenvalue weighted by molar-refractivity contribution is 5.73.